The van der Waals surface area contributed by atoms with Crippen LogP contribution in [0.1, 0.15) is 25.0 Å². The molecule has 0 saturated heterocycles. The van der Waals surface area contributed by atoms with E-state index in [9.17, 15) is 4.79 Å². The molecule has 0 radical (unpaired) electrons. The van der Waals surface area contributed by atoms with Crippen LogP contribution >= 0.6 is 0 Å². The highest BCUT2D eigenvalue weighted by Gasteiger charge is 2.14. The van der Waals surface area contributed by atoms with Gasteiger partial charge in [0.05, 0.1) is 0 Å². The fourth-order valence-corrected chi connectivity index (χ4v) is 2.82. The van der Waals surface area contributed by atoms with E-state index in [4.69, 9.17) is 4.74 Å². The average Bonchev–Trinajstić information content (AvgIpc) is 2.73. The third-order valence-electron chi connectivity index (χ3n) is 4.42. The Hall–Kier alpha value is -3.41. The molecule has 0 aliphatic heterocycles. The first-order valence-electron chi connectivity index (χ1n) is 9.65. The molecule has 2 aromatic carbocycles. The molecule has 0 bridgehead atoms. The van der Waals surface area contributed by atoms with E-state index in [0.29, 0.717) is 11.6 Å². The fraction of sp³-hybridized carbons (Fsp3) is 0.261. The lowest BCUT2D eigenvalue weighted by Gasteiger charge is -2.27. The molecular formula is C23H26N4O2. The maximum absolute atomic E-state index is 12.1. The summed E-state index contributed by atoms with van der Waals surface area (Å²) in [6.07, 6.45) is 0. The monoisotopic (exact) mass is 390 g/mol. The van der Waals surface area contributed by atoms with Crippen molar-refractivity contribution >= 4 is 17.5 Å². The van der Waals surface area contributed by atoms with Gasteiger partial charge in [0.25, 0.3) is 5.91 Å². The first-order valence-corrected chi connectivity index (χ1v) is 9.65. The molecule has 1 heterocycles. The van der Waals surface area contributed by atoms with Gasteiger partial charge in [0.15, 0.2) is 18.2 Å². The van der Waals surface area contributed by atoms with E-state index in [1.165, 1.54) is 5.56 Å². The molecule has 1 aromatic heterocycles. The van der Waals surface area contributed by atoms with Crippen molar-refractivity contribution < 1.29 is 9.53 Å². The topological polar surface area (TPSA) is 67.3 Å². The molecule has 0 fully saturated rings. The number of rotatable bonds is 8. The summed E-state index contributed by atoms with van der Waals surface area (Å²) in [4.78, 5) is 14.3. The largest absolute Gasteiger partial charge is 0.484 e. The zero-order valence-corrected chi connectivity index (χ0v) is 17.0. The zero-order valence-electron chi connectivity index (χ0n) is 17.0. The van der Waals surface area contributed by atoms with Crippen LogP contribution in [-0.4, -0.2) is 28.8 Å². The number of aromatic nitrogens is 2. The lowest BCUT2D eigenvalue weighted by atomic mass is 10.2. The molecule has 0 saturated carbocycles. The van der Waals surface area contributed by atoms with Crippen LogP contribution < -0.4 is 15.0 Å². The van der Waals surface area contributed by atoms with Gasteiger partial charge in [-0.3, -0.25) is 4.79 Å². The number of nitrogens with zero attached hydrogens (tertiary/aromatic N) is 3. The predicted octanol–water partition coefficient (Wildman–Crippen LogP) is 4.22. The van der Waals surface area contributed by atoms with Gasteiger partial charge >= 0.3 is 0 Å². The summed E-state index contributed by atoms with van der Waals surface area (Å²) in [7, 11) is 0. The Balaban J connectivity index is 1.58. The van der Waals surface area contributed by atoms with E-state index < -0.39 is 0 Å². The van der Waals surface area contributed by atoms with Crippen molar-refractivity contribution in [1.82, 2.24) is 10.2 Å². The minimum Gasteiger partial charge on any atom is -0.484 e. The molecule has 0 atom stereocenters. The van der Waals surface area contributed by atoms with Gasteiger partial charge in [-0.05, 0) is 50.6 Å². The number of benzene rings is 2. The lowest BCUT2D eigenvalue weighted by molar-refractivity contribution is -0.118. The number of nitrogens with one attached hydrogen (secondary N) is 1. The maximum atomic E-state index is 12.1. The first kappa shape index (κ1) is 20.3. The van der Waals surface area contributed by atoms with E-state index in [2.05, 4.69) is 46.4 Å². The summed E-state index contributed by atoms with van der Waals surface area (Å²) in [5.74, 6) is 1.53. The molecule has 0 spiro atoms. The Labute approximate surface area is 171 Å². The number of hydrogen-bond donors (Lipinski definition) is 1. The van der Waals surface area contributed by atoms with Gasteiger partial charge in [-0.2, -0.15) is 0 Å². The Bertz CT molecular complexity index is 910. The standard InChI is InChI=1S/C23H26N4O2/c1-17(2)27(15-19-7-5-4-6-8-19)22-14-13-21(25-26-22)24-23(28)16-29-20-11-9-18(3)10-12-20/h4-14,17H,15-16H2,1-3H3,(H,24,25,28). The quantitative estimate of drug-likeness (QED) is 0.624. The third-order valence-corrected chi connectivity index (χ3v) is 4.42. The average molecular weight is 390 g/mol. The van der Waals surface area contributed by atoms with Crippen LogP contribution in [0.25, 0.3) is 0 Å². The first-order chi connectivity index (χ1) is 14.0. The van der Waals surface area contributed by atoms with E-state index in [0.717, 1.165) is 17.9 Å². The van der Waals surface area contributed by atoms with Crippen molar-refractivity contribution in [2.45, 2.75) is 33.4 Å². The summed E-state index contributed by atoms with van der Waals surface area (Å²) in [6, 6.07) is 21.7. The van der Waals surface area contributed by atoms with E-state index >= 15 is 0 Å². The molecule has 3 rings (SSSR count). The van der Waals surface area contributed by atoms with Crippen molar-refractivity contribution in [3.05, 3.63) is 77.9 Å². The van der Waals surface area contributed by atoms with Crippen LogP contribution in [-0.2, 0) is 11.3 Å². The number of anilines is 2. The third kappa shape index (κ3) is 6.04. The number of hydrogen-bond acceptors (Lipinski definition) is 5. The Morgan fingerprint density at radius 2 is 1.72 bits per heavy atom. The van der Waals surface area contributed by atoms with Crippen LogP contribution in [0.5, 0.6) is 5.75 Å². The molecule has 0 unspecified atom stereocenters. The van der Waals surface area contributed by atoms with Crippen LogP contribution in [0.4, 0.5) is 11.6 Å². The van der Waals surface area contributed by atoms with E-state index in [-0.39, 0.29) is 18.6 Å². The second-order valence-corrected chi connectivity index (χ2v) is 7.13. The zero-order chi connectivity index (χ0) is 20.6. The summed E-state index contributed by atoms with van der Waals surface area (Å²) in [5.41, 5.74) is 2.34. The Morgan fingerprint density at radius 1 is 1.00 bits per heavy atom. The van der Waals surface area contributed by atoms with Crippen LogP contribution in [0.2, 0.25) is 0 Å². The Kier molecular flexibility index (Phi) is 6.79. The summed E-state index contributed by atoms with van der Waals surface area (Å²) in [6.45, 7) is 6.88. The number of ether oxygens (including phenoxy) is 1. The number of carbonyl (C=O) groups is 1. The summed E-state index contributed by atoms with van der Waals surface area (Å²) >= 11 is 0. The van der Waals surface area contributed by atoms with Crippen LogP contribution in [0.15, 0.2) is 66.7 Å². The fourth-order valence-electron chi connectivity index (χ4n) is 2.82. The highest BCUT2D eigenvalue weighted by molar-refractivity contribution is 5.90. The van der Waals surface area contributed by atoms with Gasteiger partial charge in [0, 0.05) is 12.6 Å². The van der Waals surface area contributed by atoms with Crippen molar-refractivity contribution in [3.8, 4) is 5.75 Å². The molecular weight excluding hydrogens is 364 g/mol. The summed E-state index contributed by atoms with van der Waals surface area (Å²) < 4.78 is 5.49. The van der Waals surface area contributed by atoms with Crippen LogP contribution in [0.3, 0.4) is 0 Å². The molecule has 150 valence electrons. The smallest absolute Gasteiger partial charge is 0.263 e. The minimum absolute atomic E-state index is 0.0847. The highest BCUT2D eigenvalue weighted by Crippen LogP contribution is 2.18. The van der Waals surface area contributed by atoms with E-state index in [1.807, 2.05) is 55.5 Å². The lowest BCUT2D eigenvalue weighted by Crippen LogP contribution is -2.31. The minimum atomic E-state index is -0.280. The second kappa shape index (κ2) is 9.68. The maximum Gasteiger partial charge on any atom is 0.263 e. The molecule has 0 aliphatic rings. The highest BCUT2D eigenvalue weighted by atomic mass is 16.5. The van der Waals surface area contributed by atoms with Crippen molar-refractivity contribution in [3.63, 3.8) is 0 Å². The SMILES string of the molecule is Cc1ccc(OCC(=O)Nc2ccc(N(Cc3ccccc3)C(C)C)nn2)cc1. The van der Waals surface area contributed by atoms with Gasteiger partial charge in [0.2, 0.25) is 0 Å². The van der Waals surface area contributed by atoms with E-state index in [1.54, 1.807) is 6.07 Å². The normalized spacial score (nSPS) is 10.6. The number of amides is 1. The number of carbonyl (C=O) groups excluding carboxylic acids is 1. The molecule has 29 heavy (non-hydrogen) atoms. The van der Waals surface area contributed by atoms with Gasteiger partial charge in [-0.15, -0.1) is 10.2 Å². The predicted molar refractivity (Wildman–Crippen MR) is 115 cm³/mol. The van der Waals surface area contributed by atoms with Gasteiger partial charge in [0.1, 0.15) is 5.75 Å². The second-order valence-electron chi connectivity index (χ2n) is 7.13. The Morgan fingerprint density at radius 3 is 2.34 bits per heavy atom. The van der Waals surface area contributed by atoms with Gasteiger partial charge in [-0.1, -0.05) is 48.0 Å². The molecule has 0 aliphatic carbocycles. The molecule has 1 N–H and O–H groups in total. The molecule has 6 nitrogen and oxygen atoms in total. The van der Waals surface area contributed by atoms with Crippen molar-refractivity contribution in [2.24, 2.45) is 0 Å². The van der Waals surface area contributed by atoms with Gasteiger partial charge in [-0.25, -0.2) is 0 Å². The van der Waals surface area contributed by atoms with Crippen molar-refractivity contribution in [2.75, 3.05) is 16.8 Å². The van der Waals surface area contributed by atoms with Gasteiger partial charge < -0.3 is 15.0 Å². The number of aryl methyl sites for hydroxylation is 1. The summed E-state index contributed by atoms with van der Waals surface area (Å²) in [5, 5.41) is 11.2. The van der Waals surface area contributed by atoms with Crippen LogP contribution in [0, 0.1) is 6.92 Å². The molecule has 6 heteroatoms. The molecule has 3 aromatic rings. The van der Waals surface area contributed by atoms with Crippen molar-refractivity contribution in [1.29, 1.82) is 0 Å². The molecule has 1 amide bonds.